The molecule has 0 radical (unpaired) electrons. The second kappa shape index (κ2) is 10.4. The fourth-order valence-electron chi connectivity index (χ4n) is 3.86. The fourth-order valence-corrected chi connectivity index (χ4v) is 4.77. The van der Waals surface area contributed by atoms with Gasteiger partial charge in [-0.15, -0.1) is 0 Å². The molecular formula is C22H24Cl2N4O6S. The third kappa shape index (κ3) is 5.22. The van der Waals surface area contributed by atoms with Crippen LogP contribution in [0, 0.1) is 0 Å². The quantitative estimate of drug-likeness (QED) is 0.315. The molecule has 0 atom stereocenters. The standard InChI is InChI=1S/C22H24Cl2N4O6S/c1-4-25-17-11-15(23)16(24)12-18(17)28(13-35(32,33)34)19(25)10-8-7-9-14-20(29)26(5-2)22(31)27(6-3)21(14)30/h7-12H,4-6,13H2,1-3H3,(H,32,33,34)/b8-7+,19-10+. The van der Waals surface area contributed by atoms with Crippen molar-refractivity contribution in [2.45, 2.75) is 20.8 Å². The molecule has 2 heterocycles. The number of allylic oxidation sites excluding steroid dienone is 4. The van der Waals surface area contributed by atoms with E-state index in [9.17, 15) is 27.4 Å². The molecule has 0 saturated carbocycles. The van der Waals surface area contributed by atoms with Gasteiger partial charge in [-0.25, -0.2) is 4.79 Å². The summed E-state index contributed by atoms with van der Waals surface area (Å²) in [5.74, 6) is -1.71. The van der Waals surface area contributed by atoms with Gasteiger partial charge in [0, 0.05) is 19.6 Å². The molecule has 2 aliphatic rings. The van der Waals surface area contributed by atoms with Crippen LogP contribution in [-0.2, 0) is 19.7 Å². The number of amides is 4. The predicted molar refractivity (Wildman–Crippen MR) is 134 cm³/mol. The molecule has 1 aromatic rings. The van der Waals surface area contributed by atoms with Gasteiger partial charge < -0.3 is 9.80 Å². The van der Waals surface area contributed by atoms with Crippen molar-refractivity contribution in [1.29, 1.82) is 0 Å². The maximum Gasteiger partial charge on any atom is 0.333 e. The molecule has 1 aromatic carbocycles. The van der Waals surface area contributed by atoms with E-state index < -0.39 is 33.8 Å². The minimum atomic E-state index is -4.41. The topological polar surface area (TPSA) is 119 Å². The van der Waals surface area contributed by atoms with Crippen LogP contribution in [0.5, 0.6) is 0 Å². The zero-order valence-corrected chi connectivity index (χ0v) is 21.6. The van der Waals surface area contributed by atoms with E-state index in [-0.39, 0.29) is 28.7 Å². The van der Waals surface area contributed by atoms with Crippen molar-refractivity contribution in [3.8, 4) is 0 Å². The number of barbiturate groups is 1. The van der Waals surface area contributed by atoms with E-state index in [0.717, 1.165) is 9.80 Å². The molecule has 13 heteroatoms. The van der Waals surface area contributed by atoms with Crippen LogP contribution in [0.15, 0.2) is 47.8 Å². The maximum atomic E-state index is 12.6. The van der Waals surface area contributed by atoms with Crippen molar-refractivity contribution in [3.63, 3.8) is 0 Å². The first-order valence-electron chi connectivity index (χ1n) is 10.7. The van der Waals surface area contributed by atoms with Gasteiger partial charge in [-0.3, -0.25) is 23.9 Å². The number of carbonyl (C=O) groups excluding carboxylic acids is 3. The second-order valence-electron chi connectivity index (χ2n) is 7.51. The number of hydrogen-bond donors (Lipinski definition) is 1. The molecule has 0 spiro atoms. The van der Waals surface area contributed by atoms with Crippen molar-refractivity contribution < 1.29 is 27.4 Å². The van der Waals surface area contributed by atoms with Gasteiger partial charge in [0.15, 0.2) is 5.88 Å². The largest absolute Gasteiger partial charge is 0.333 e. The SMILES string of the molecule is CCN1C(=O)C(=C/C=C/C=C2\N(CC)c3cc(Cl)c(Cl)cc3N2CS(=O)(=O)O)C(=O)N(CC)C1=O. The lowest BCUT2D eigenvalue weighted by molar-refractivity contribution is -0.135. The van der Waals surface area contributed by atoms with Crippen LogP contribution in [0.25, 0.3) is 0 Å². The van der Waals surface area contributed by atoms with Gasteiger partial charge in [-0.05, 0) is 45.1 Å². The number of benzene rings is 1. The molecule has 4 amide bonds. The third-order valence-corrected chi connectivity index (χ3v) is 6.73. The summed E-state index contributed by atoms with van der Waals surface area (Å²) < 4.78 is 32.9. The molecule has 0 unspecified atom stereocenters. The smallest absolute Gasteiger partial charge is 0.326 e. The van der Waals surface area contributed by atoms with Gasteiger partial charge in [0.1, 0.15) is 11.4 Å². The first-order chi connectivity index (χ1) is 16.4. The molecule has 1 N–H and O–H groups in total. The Morgan fingerprint density at radius 3 is 1.71 bits per heavy atom. The molecule has 3 rings (SSSR count). The van der Waals surface area contributed by atoms with Crippen LogP contribution in [0.2, 0.25) is 10.0 Å². The Kier molecular flexibility index (Phi) is 7.95. The number of fused-ring (bicyclic) bond motifs is 1. The Morgan fingerprint density at radius 2 is 1.26 bits per heavy atom. The number of halogens is 2. The lowest BCUT2D eigenvalue weighted by Gasteiger charge is -2.32. The summed E-state index contributed by atoms with van der Waals surface area (Å²) in [5, 5.41) is 0.496. The molecule has 10 nitrogen and oxygen atoms in total. The first kappa shape index (κ1) is 26.7. The molecule has 0 bridgehead atoms. The molecule has 0 aliphatic carbocycles. The van der Waals surface area contributed by atoms with Gasteiger partial charge in [-0.2, -0.15) is 8.42 Å². The van der Waals surface area contributed by atoms with Gasteiger partial charge in [0.25, 0.3) is 21.9 Å². The number of likely N-dealkylation sites (N-methyl/N-ethyl adjacent to an activating group) is 2. The normalized spacial score (nSPS) is 17.9. The van der Waals surface area contributed by atoms with Crippen molar-refractivity contribution >= 4 is 62.5 Å². The predicted octanol–water partition coefficient (Wildman–Crippen LogP) is 3.64. The van der Waals surface area contributed by atoms with Gasteiger partial charge in [0.05, 0.1) is 21.4 Å². The summed E-state index contributed by atoms with van der Waals surface area (Å²) >= 11 is 12.3. The summed E-state index contributed by atoms with van der Waals surface area (Å²) in [6.07, 6.45) is 5.82. The Hall–Kier alpha value is -2.86. The number of carbonyl (C=O) groups is 3. The van der Waals surface area contributed by atoms with Crippen molar-refractivity contribution in [2.75, 3.05) is 35.3 Å². The van der Waals surface area contributed by atoms with Crippen LogP contribution >= 0.6 is 23.2 Å². The van der Waals surface area contributed by atoms with Gasteiger partial charge >= 0.3 is 6.03 Å². The molecule has 188 valence electrons. The molecule has 0 aromatic heterocycles. The summed E-state index contributed by atoms with van der Waals surface area (Å²) in [6.45, 7) is 5.78. The Morgan fingerprint density at radius 1 is 0.800 bits per heavy atom. The maximum absolute atomic E-state index is 12.6. The Bertz CT molecular complexity index is 1250. The van der Waals surface area contributed by atoms with E-state index in [1.54, 1.807) is 30.9 Å². The number of nitrogens with zero attached hydrogens (tertiary/aromatic N) is 4. The number of imide groups is 2. The molecule has 1 saturated heterocycles. The summed E-state index contributed by atoms with van der Waals surface area (Å²) in [7, 11) is -4.41. The highest BCUT2D eigenvalue weighted by Gasteiger charge is 2.40. The molecule has 2 aliphatic heterocycles. The van der Waals surface area contributed by atoms with Crippen LogP contribution in [0.1, 0.15) is 20.8 Å². The van der Waals surface area contributed by atoms with E-state index in [1.807, 2.05) is 6.92 Å². The average molecular weight is 543 g/mol. The van der Waals surface area contributed by atoms with E-state index in [2.05, 4.69) is 0 Å². The number of anilines is 2. The molecule has 1 fully saturated rings. The fraction of sp³-hybridized carbons (Fsp3) is 0.318. The number of rotatable bonds is 7. The third-order valence-electron chi connectivity index (χ3n) is 5.43. The highest BCUT2D eigenvalue weighted by atomic mass is 35.5. The summed E-state index contributed by atoms with van der Waals surface area (Å²) in [5.41, 5.74) is 0.862. The van der Waals surface area contributed by atoms with Gasteiger partial charge in [-0.1, -0.05) is 35.4 Å². The second-order valence-corrected chi connectivity index (χ2v) is 9.75. The zero-order valence-electron chi connectivity index (χ0n) is 19.2. The number of hydrogen-bond acceptors (Lipinski definition) is 7. The van der Waals surface area contributed by atoms with Crippen molar-refractivity contribution in [3.05, 3.63) is 57.9 Å². The van der Waals surface area contributed by atoms with Gasteiger partial charge in [0.2, 0.25) is 0 Å². The minimum absolute atomic E-state index is 0.117. The first-order valence-corrected chi connectivity index (χ1v) is 13.1. The highest BCUT2D eigenvalue weighted by Crippen LogP contribution is 2.45. The lowest BCUT2D eigenvalue weighted by atomic mass is 10.1. The van der Waals surface area contributed by atoms with E-state index in [4.69, 9.17) is 23.2 Å². The average Bonchev–Trinajstić information content (AvgIpc) is 3.04. The molecular weight excluding hydrogens is 519 g/mol. The van der Waals surface area contributed by atoms with Crippen LogP contribution in [-0.4, -0.2) is 66.1 Å². The zero-order chi connectivity index (χ0) is 26.1. The Labute approximate surface area is 213 Å². The lowest BCUT2D eigenvalue weighted by Crippen LogP contribution is -2.56. The monoisotopic (exact) mass is 542 g/mol. The van der Waals surface area contributed by atoms with Crippen LogP contribution < -0.4 is 9.80 Å². The highest BCUT2D eigenvalue weighted by molar-refractivity contribution is 7.85. The Balaban J connectivity index is 2.01. The van der Waals surface area contributed by atoms with Crippen LogP contribution in [0.4, 0.5) is 16.2 Å². The molecule has 35 heavy (non-hydrogen) atoms. The minimum Gasteiger partial charge on any atom is -0.326 e. The summed E-state index contributed by atoms with van der Waals surface area (Å²) in [6, 6.07) is 2.45. The van der Waals surface area contributed by atoms with Crippen molar-refractivity contribution in [2.24, 2.45) is 0 Å². The van der Waals surface area contributed by atoms with E-state index in [1.165, 1.54) is 29.2 Å². The van der Waals surface area contributed by atoms with Crippen LogP contribution in [0.3, 0.4) is 0 Å². The summed E-state index contributed by atoms with van der Waals surface area (Å²) in [4.78, 5) is 42.6. The van der Waals surface area contributed by atoms with Crippen molar-refractivity contribution in [1.82, 2.24) is 9.80 Å². The van der Waals surface area contributed by atoms with E-state index in [0.29, 0.717) is 23.7 Å². The van der Waals surface area contributed by atoms with E-state index >= 15 is 0 Å². The number of urea groups is 1.